The summed E-state index contributed by atoms with van der Waals surface area (Å²) in [6.07, 6.45) is 5.90. The molecule has 6 nitrogen and oxygen atoms in total. The van der Waals surface area contributed by atoms with Crippen LogP contribution in [0, 0.1) is 0 Å². The zero-order valence-electron chi connectivity index (χ0n) is 14.1. The normalized spacial score (nSPS) is 11.8. The molecule has 23 heavy (non-hydrogen) atoms. The summed E-state index contributed by atoms with van der Waals surface area (Å²) in [6, 6.07) is 6.03. The molecular weight excluding hydrogens is 290 g/mol. The molecule has 126 valence electrons. The Morgan fingerprint density at radius 1 is 1.30 bits per heavy atom. The highest BCUT2D eigenvalue weighted by molar-refractivity contribution is 5.79. The maximum atomic E-state index is 5.32. The van der Waals surface area contributed by atoms with Crippen molar-refractivity contribution in [1.82, 2.24) is 20.0 Å². The lowest BCUT2D eigenvalue weighted by atomic mass is 10.3. The van der Waals surface area contributed by atoms with Gasteiger partial charge in [0.25, 0.3) is 0 Å². The van der Waals surface area contributed by atoms with Crippen molar-refractivity contribution in [2.24, 2.45) is 4.99 Å². The molecule has 0 fully saturated rings. The lowest BCUT2D eigenvalue weighted by molar-refractivity contribution is 0.146. The van der Waals surface area contributed by atoms with Crippen LogP contribution in [0.1, 0.15) is 26.0 Å². The summed E-state index contributed by atoms with van der Waals surface area (Å²) in [6.45, 7) is 8.03. The van der Waals surface area contributed by atoms with Gasteiger partial charge < -0.3 is 19.8 Å². The molecule has 0 saturated heterocycles. The second-order valence-corrected chi connectivity index (χ2v) is 5.19. The number of rotatable bonds is 9. The van der Waals surface area contributed by atoms with Gasteiger partial charge in [-0.3, -0.25) is 4.99 Å². The molecule has 0 aliphatic rings. The molecule has 0 saturated carbocycles. The van der Waals surface area contributed by atoms with Crippen LogP contribution in [-0.2, 0) is 11.2 Å². The van der Waals surface area contributed by atoms with Crippen molar-refractivity contribution in [2.75, 3.05) is 32.8 Å². The number of aromatic nitrogens is 2. The Kier molecular flexibility index (Phi) is 7.39. The van der Waals surface area contributed by atoms with Crippen molar-refractivity contribution in [3.8, 4) is 0 Å². The Labute approximate surface area is 138 Å². The smallest absolute Gasteiger partial charge is 0.191 e. The molecule has 0 bridgehead atoms. The number of hydrogen-bond donors (Lipinski definition) is 2. The molecule has 2 aromatic heterocycles. The molecule has 2 heterocycles. The molecule has 0 aliphatic carbocycles. The zero-order valence-corrected chi connectivity index (χ0v) is 14.1. The van der Waals surface area contributed by atoms with Crippen molar-refractivity contribution in [3.05, 3.63) is 36.3 Å². The van der Waals surface area contributed by atoms with Gasteiger partial charge in [-0.15, -0.1) is 0 Å². The SMILES string of the molecule is CCNC(=NCCCOCC)NCCc1cn2ccccc2n1. The van der Waals surface area contributed by atoms with Gasteiger partial charge in [0.1, 0.15) is 5.65 Å². The van der Waals surface area contributed by atoms with Gasteiger partial charge in [0, 0.05) is 51.7 Å². The van der Waals surface area contributed by atoms with Crippen LogP contribution in [0.4, 0.5) is 0 Å². The second-order valence-electron chi connectivity index (χ2n) is 5.19. The van der Waals surface area contributed by atoms with E-state index < -0.39 is 0 Å². The number of imidazole rings is 1. The van der Waals surface area contributed by atoms with E-state index in [1.165, 1.54) is 0 Å². The van der Waals surface area contributed by atoms with Gasteiger partial charge in [-0.05, 0) is 32.4 Å². The first kappa shape index (κ1) is 17.3. The maximum absolute atomic E-state index is 5.32. The molecule has 2 aromatic rings. The van der Waals surface area contributed by atoms with Gasteiger partial charge in [0.05, 0.1) is 5.69 Å². The highest BCUT2D eigenvalue weighted by atomic mass is 16.5. The first-order chi connectivity index (χ1) is 11.3. The van der Waals surface area contributed by atoms with Crippen LogP contribution in [0.25, 0.3) is 5.65 Å². The predicted octanol–water partition coefficient (Wildman–Crippen LogP) is 1.86. The average Bonchev–Trinajstić information content (AvgIpc) is 2.97. The highest BCUT2D eigenvalue weighted by Gasteiger charge is 2.02. The molecule has 0 amide bonds. The zero-order chi connectivity index (χ0) is 16.3. The number of guanidine groups is 1. The van der Waals surface area contributed by atoms with Gasteiger partial charge in [-0.25, -0.2) is 4.98 Å². The molecule has 0 aromatic carbocycles. The minimum absolute atomic E-state index is 0.765. The highest BCUT2D eigenvalue weighted by Crippen LogP contribution is 2.04. The van der Waals surface area contributed by atoms with Crippen molar-refractivity contribution >= 4 is 11.6 Å². The van der Waals surface area contributed by atoms with Gasteiger partial charge >= 0.3 is 0 Å². The van der Waals surface area contributed by atoms with Gasteiger partial charge in [-0.2, -0.15) is 0 Å². The minimum Gasteiger partial charge on any atom is -0.382 e. The number of fused-ring (bicyclic) bond motifs is 1. The number of ether oxygens (including phenoxy) is 1. The number of aliphatic imine (C=N–C) groups is 1. The topological polar surface area (TPSA) is 63.0 Å². The molecule has 0 radical (unpaired) electrons. The number of nitrogens with zero attached hydrogens (tertiary/aromatic N) is 3. The van der Waals surface area contributed by atoms with Gasteiger partial charge in [-0.1, -0.05) is 6.07 Å². The monoisotopic (exact) mass is 317 g/mol. The predicted molar refractivity (Wildman–Crippen MR) is 94.0 cm³/mol. The fourth-order valence-electron chi connectivity index (χ4n) is 2.26. The van der Waals surface area contributed by atoms with E-state index in [2.05, 4.69) is 33.7 Å². The third kappa shape index (κ3) is 5.90. The van der Waals surface area contributed by atoms with E-state index in [0.29, 0.717) is 0 Å². The second kappa shape index (κ2) is 9.84. The number of pyridine rings is 1. The number of nitrogens with one attached hydrogen (secondary N) is 2. The van der Waals surface area contributed by atoms with Gasteiger partial charge in [0.2, 0.25) is 0 Å². The largest absolute Gasteiger partial charge is 0.382 e. The summed E-state index contributed by atoms with van der Waals surface area (Å²) in [5.41, 5.74) is 2.06. The Morgan fingerprint density at radius 3 is 3.00 bits per heavy atom. The lowest BCUT2D eigenvalue weighted by Gasteiger charge is -2.10. The fraction of sp³-hybridized carbons (Fsp3) is 0.529. The Bertz CT molecular complexity index is 575. The Morgan fingerprint density at radius 2 is 2.22 bits per heavy atom. The van der Waals surface area contributed by atoms with Crippen LogP contribution >= 0.6 is 0 Å². The van der Waals surface area contributed by atoms with Crippen molar-refractivity contribution in [2.45, 2.75) is 26.7 Å². The quantitative estimate of drug-likeness (QED) is 0.421. The summed E-state index contributed by atoms with van der Waals surface area (Å²) in [5.74, 6) is 0.854. The van der Waals surface area contributed by atoms with E-state index in [1.54, 1.807) is 0 Å². The van der Waals surface area contributed by atoms with Gasteiger partial charge in [0.15, 0.2) is 5.96 Å². The third-order valence-corrected chi connectivity index (χ3v) is 3.35. The summed E-state index contributed by atoms with van der Waals surface area (Å²) >= 11 is 0. The fourth-order valence-corrected chi connectivity index (χ4v) is 2.26. The maximum Gasteiger partial charge on any atom is 0.191 e. The van der Waals surface area contributed by atoms with Crippen LogP contribution in [0.5, 0.6) is 0 Å². The molecule has 0 atom stereocenters. The standard InChI is InChI=1S/C17H27N5O/c1-3-18-17(19-10-7-13-23-4-2)20-11-9-15-14-22-12-6-5-8-16(22)21-15/h5-6,8,12,14H,3-4,7,9-11,13H2,1-2H3,(H2,18,19,20). The van der Waals surface area contributed by atoms with Crippen LogP contribution in [0.3, 0.4) is 0 Å². The molecule has 0 unspecified atom stereocenters. The molecule has 2 rings (SSSR count). The third-order valence-electron chi connectivity index (χ3n) is 3.35. The summed E-state index contributed by atoms with van der Waals surface area (Å²) in [7, 11) is 0. The molecule has 0 spiro atoms. The van der Waals surface area contributed by atoms with Crippen molar-refractivity contribution in [1.29, 1.82) is 0 Å². The average molecular weight is 317 g/mol. The minimum atomic E-state index is 0.765. The van der Waals surface area contributed by atoms with E-state index in [0.717, 1.165) is 63.0 Å². The molecule has 2 N–H and O–H groups in total. The Hall–Kier alpha value is -2.08. The van der Waals surface area contributed by atoms with E-state index in [4.69, 9.17) is 4.74 Å². The van der Waals surface area contributed by atoms with E-state index in [1.807, 2.05) is 35.7 Å². The van der Waals surface area contributed by atoms with Crippen molar-refractivity contribution in [3.63, 3.8) is 0 Å². The summed E-state index contributed by atoms with van der Waals surface area (Å²) < 4.78 is 7.37. The van der Waals surface area contributed by atoms with Crippen LogP contribution in [-0.4, -0.2) is 48.2 Å². The Balaban J connectivity index is 1.77. The van der Waals surface area contributed by atoms with E-state index >= 15 is 0 Å². The van der Waals surface area contributed by atoms with Crippen molar-refractivity contribution < 1.29 is 4.74 Å². The number of hydrogen-bond acceptors (Lipinski definition) is 3. The van der Waals surface area contributed by atoms with Crippen LogP contribution < -0.4 is 10.6 Å². The van der Waals surface area contributed by atoms with E-state index in [9.17, 15) is 0 Å². The van der Waals surface area contributed by atoms with E-state index in [-0.39, 0.29) is 0 Å². The summed E-state index contributed by atoms with van der Waals surface area (Å²) in [4.78, 5) is 9.15. The summed E-state index contributed by atoms with van der Waals surface area (Å²) in [5, 5.41) is 6.61. The lowest BCUT2D eigenvalue weighted by Crippen LogP contribution is -2.38. The first-order valence-electron chi connectivity index (χ1n) is 8.36. The molecular formula is C17H27N5O. The first-order valence-corrected chi connectivity index (χ1v) is 8.36. The van der Waals surface area contributed by atoms with Crippen LogP contribution in [0.15, 0.2) is 35.6 Å². The molecule has 0 aliphatic heterocycles. The molecule has 6 heteroatoms. The van der Waals surface area contributed by atoms with Crippen LogP contribution in [0.2, 0.25) is 0 Å².